The molecule has 1 aromatic rings. The van der Waals surface area contributed by atoms with Gasteiger partial charge in [-0.2, -0.15) is 0 Å². The van der Waals surface area contributed by atoms with Crippen molar-refractivity contribution in [1.29, 1.82) is 0 Å². The van der Waals surface area contributed by atoms with Crippen LogP contribution < -0.4 is 5.32 Å². The Kier molecular flexibility index (Phi) is 6.89. The number of rotatable bonds is 7. The second-order valence-corrected chi connectivity index (χ2v) is 5.32. The zero-order valence-corrected chi connectivity index (χ0v) is 13.1. The molecular weight excluding hydrogens is 290 g/mol. The van der Waals surface area contributed by atoms with Gasteiger partial charge in [0.25, 0.3) is 5.91 Å². The van der Waals surface area contributed by atoms with Crippen molar-refractivity contribution < 1.29 is 15.0 Å². The predicted octanol–water partition coefficient (Wildman–Crippen LogP) is 2.38. The van der Waals surface area contributed by atoms with Crippen molar-refractivity contribution >= 4 is 17.5 Å². The van der Waals surface area contributed by atoms with Gasteiger partial charge in [0.1, 0.15) is 0 Å². The molecule has 0 saturated heterocycles. The molecule has 0 aliphatic heterocycles. The van der Waals surface area contributed by atoms with E-state index < -0.39 is 17.6 Å². The van der Waals surface area contributed by atoms with Crippen LogP contribution in [-0.4, -0.2) is 28.8 Å². The number of carbonyl (C=O) groups excluding carboxylic acids is 1. The molecule has 4 nitrogen and oxygen atoms in total. The van der Waals surface area contributed by atoms with Crippen LogP contribution in [0.1, 0.15) is 32.3 Å². The highest BCUT2D eigenvalue weighted by Gasteiger charge is 2.37. The number of hydrogen-bond donors (Lipinski definition) is 3. The third kappa shape index (κ3) is 4.56. The molecule has 0 aliphatic carbocycles. The van der Waals surface area contributed by atoms with Crippen LogP contribution in [0, 0.1) is 0 Å². The summed E-state index contributed by atoms with van der Waals surface area (Å²) in [6.45, 7) is 3.40. The maximum absolute atomic E-state index is 12.4. The highest BCUT2D eigenvalue weighted by molar-refractivity contribution is 6.30. The first kappa shape index (κ1) is 17.7. The largest absolute Gasteiger partial charge is 0.394 e. The third-order valence-corrected chi connectivity index (χ3v) is 3.64. The van der Waals surface area contributed by atoms with E-state index in [0.29, 0.717) is 17.0 Å². The maximum atomic E-state index is 12.4. The highest BCUT2D eigenvalue weighted by atomic mass is 35.5. The molecule has 0 fully saturated rings. The second kappa shape index (κ2) is 8.17. The lowest BCUT2D eigenvalue weighted by Gasteiger charge is -2.28. The van der Waals surface area contributed by atoms with Crippen molar-refractivity contribution in [3.05, 3.63) is 47.0 Å². The summed E-state index contributed by atoms with van der Waals surface area (Å²) >= 11 is 5.92. The summed E-state index contributed by atoms with van der Waals surface area (Å²) in [5.74, 6) is -0.532. The lowest BCUT2D eigenvalue weighted by Crippen LogP contribution is -2.49. The van der Waals surface area contributed by atoms with Gasteiger partial charge in [-0.3, -0.25) is 4.79 Å². The highest BCUT2D eigenvalue weighted by Crippen LogP contribution is 2.27. The molecule has 0 radical (unpaired) electrons. The fraction of sp³-hybridized carbons (Fsp3) is 0.438. The van der Waals surface area contributed by atoms with Crippen LogP contribution in [-0.2, 0) is 10.4 Å². The summed E-state index contributed by atoms with van der Waals surface area (Å²) < 4.78 is 0. The van der Waals surface area contributed by atoms with E-state index in [2.05, 4.69) is 5.32 Å². The van der Waals surface area contributed by atoms with Gasteiger partial charge in [-0.25, -0.2) is 0 Å². The molecule has 0 heterocycles. The van der Waals surface area contributed by atoms with Gasteiger partial charge in [-0.1, -0.05) is 42.8 Å². The number of benzene rings is 1. The van der Waals surface area contributed by atoms with Crippen LogP contribution in [0.2, 0.25) is 5.02 Å². The van der Waals surface area contributed by atoms with Crippen LogP contribution in [0.4, 0.5) is 0 Å². The molecule has 0 unspecified atom stereocenters. The Morgan fingerprint density at radius 2 is 2.24 bits per heavy atom. The Bertz CT molecular complexity index is 504. The molecule has 1 aromatic carbocycles. The molecular formula is C16H22ClNO3. The predicted molar refractivity (Wildman–Crippen MR) is 84.1 cm³/mol. The summed E-state index contributed by atoms with van der Waals surface area (Å²) in [4.78, 5) is 12.4. The lowest BCUT2D eigenvalue weighted by molar-refractivity contribution is -0.142. The molecule has 3 N–H and O–H groups in total. The normalized spacial score (nSPS) is 15.7. The van der Waals surface area contributed by atoms with E-state index in [9.17, 15) is 15.0 Å². The molecule has 0 aromatic heterocycles. The molecule has 0 spiro atoms. The molecule has 0 bridgehead atoms. The maximum Gasteiger partial charge on any atom is 0.256 e. The number of amides is 1. The first-order valence-electron chi connectivity index (χ1n) is 6.99. The molecule has 116 valence electrons. The molecule has 2 atom stereocenters. The number of nitrogens with one attached hydrogen (secondary N) is 1. The number of aliphatic hydroxyl groups excluding tert-OH is 1. The van der Waals surface area contributed by atoms with E-state index >= 15 is 0 Å². The fourth-order valence-electron chi connectivity index (χ4n) is 2.03. The van der Waals surface area contributed by atoms with Crippen LogP contribution in [0.5, 0.6) is 0 Å². The van der Waals surface area contributed by atoms with E-state index in [1.165, 1.54) is 0 Å². The van der Waals surface area contributed by atoms with E-state index in [1.807, 2.05) is 19.1 Å². The summed E-state index contributed by atoms with van der Waals surface area (Å²) in [6, 6.07) is 6.18. The molecule has 1 amide bonds. The quantitative estimate of drug-likeness (QED) is 0.677. The summed E-state index contributed by atoms with van der Waals surface area (Å²) in [5, 5.41) is 23.1. The number of aliphatic hydroxyl groups is 2. The zero-order chi connectivity index (χ0) is 15.9. The topological polar surface area (TPSA) is 69.6 Å². The molecule has 1 rings (SSSR count). The van der Waals surface area contributed by atoms with E-state index in [1.54, 1.807) is 31.2 Å². The Morgan fingerprint density at radius 3 is 2.76 bits per heavy atom. The average molecular weight is 312 g/mol. The van der Waals surface area contributed by atoms with Gasteiger partial charge in [0.15, 0.2) is 5.60 Å². The van der Waals surface area contributed by atoms with Crippen LogP contribution in [0.3, 0.4) is 0 Å². The fourth-order valence-corrected chi connectivity index (χ4v) is 2.22. The Hall–Kier alpha value is -1.36. The minimum Gasteiger partial charge on any atom is -0.394 e. The summed E-state index contributed by atoms with van der Waals surface area (Å²) in [5.41, 5.74) is -1.22. The smallest absolute Gasteiger partial charge is 0.256 e. The molecule has 21 heavy (non-hydrogen) atoms. The minimum absolute atomic E-state index is 0.189. The van der Waals surface area contributed by atoms with Gasteiger partial charge in [-0.05, 0) is 37.5 Å². The first-order chi connectivity index (χ1) is 9.97. The van der Waals surface area contributed by atoms with Crippen molar-refractivity contribution in [2.75, 3.05) is 6.61 Å². The second-order valence-electron chi connectivity index (χ2n) is 4.88. The van der Waals surface area contributed by atoms with Gasteiger partial charge < -0.3 is 15.5 Å². The summed E-state index contributed by atoms with van der Waals surface area (Å²) in [6.07, 6.45) is 4.42. The monoisotopic (exact) mass is 311 g/mol. The van der Waals surface area contributed by atoms with E-state index in [4.69, 9.17) is 11.6 Å². The molecule has 0 saturated carbocycles. The van der Waals surface area contributed by atoms with Gasteiger partial charge in [0, 0.05) is 5.02 Å². The van der Waals surface area contributed by atoms with E-state index in [-0.39, 0.29) is 13.0 Å². The van der Waals surface area contributed by atoms with Crippen LogP contribution in [0.15, 0.2) is 36.4 Å². The first-order valence-corrected chi connectivity index (χ1v) is 7.37. The van der Waals surface area contributed by atoms with Crippen LogP contribution in [0.25, 0.3) is 0 Å². The van der Waals surface area contributed by atoms with Gasteiger partial charge in [-0.15, -0.1) is 0 Å². The van der Waals surface area contributed by atoms with Crippen molar-refractivity contribution in [1.82, 2.24) is 5.32 Å². The Balaban J connectivity index is 2.94. The van der Waals surface area contributed by atoms with Gasteiger partial charge in [0.2, 0.25) is 0 Å². The van der Waals surface area contributed by atoms with Crippen molar-refractivity contribution in [2.24, 2.45) is 0 Å². The third-order valence-electron chi connectivity index (χ3n) is 3.40. The average Bonchev–Trinajstić information content (AvgIpc) is 2.50. The summed E-state index contributed by atoms with van der Waals surface area (Å²) in [7, 11) is 0. The SMILES string of the molecule is C/C=C/C[C@@H](CO)NC(=O)[C@](O)(CC)c1cccc(Cl)c1. The van der Waals surface area contributed by atoms with Gasteiger partial charge >= 0.3 is 0 Å². The van der Waals surface area contributed by atoms with E-state index in [0.717, 1.165) is 0 Å². The number of carbonyl (C=O) groups is 1. The number of allylic oxidation sites excluding steroid dienone is 1. The van der Waals surface area contributed by atoms with Crippen molar-refractivity contribution in [2.45, 2.75) is 38.3 Å². The minimum atomic E-state index is -1.66. The van der Waals surface area contributed by atoms with Gasteiger partial charge in [0.05, 0.1) is 12.6 Å². The van der Waals surface area contributed by atoms with Crippen molar-refractivity contribution in [3.8, 4) is 0 Å². The van der Waals surface area contributed by atoms with Crippen LogP contribution >= 0.6 is 11.6 Å². The van der Waals surface area contributed by atoms with Crippen molar-refractivity contribution in [3.63, 3.8) is 0 Å². The standard InChI is InChI=1S/C16H22ClNO3/c1-3-5-9-14(11-19)18-15(20)16(21,4-2)12-7-6-8-13(17)10-12/h3,5-8,10,14,19,21H,4,9,11H2,1-2H3,(H,18,20)/b5-3+/t14-,16-/m0/s1. The Labute approximate surface area is 130 Å². The Morgan fingerprint density at radius 1 is 1.52 bits per heavy atom. The molecule has 0 aliphatic rings. The number of halogens is 1. The lowest BCUT2D eigenvalue weighted by atomic mass is 9.90. The zero-order valence-electron chi connectivity index (χ0n) is 12.3. The number of hydrogen-bond acceptors (Lipinski definition) is 3. The molecule has 5 heteroatoms.